The number of hydrogen-bond donors (Lipinski definition) is 2. The van der Waals surface area contributed by atoms with E-state index in [9.17, 15) is 18.8 Å². The van der Waals surface area contributed by atoms with Crippen molar-refractivity contribution >= 4 is 41.7 Å². The minimum Gasteiger partial charge on any atom is -0.481 e. The number of halogens is 2. The molecular weight excluding hydrogens is 503 g/mol. The number of carboxylic acid groups (broad SMARTS) is 1. The summed E-state index contributed by atoms with van der Waals surface area (Å²) in [4.78, 5) is 41.8. The Morgan fingerprint density at radius 3 is 2.41 bits per heavy atom. The molecule has 0 aliphatic rings. The summed E-state index contributed by atoms with van der Waals surface area (Å²) in [6.07, 6.45) is -0.139. The van der Waals surface area contributed by atoms with Crippen LogP contribution in [0.15, 0.2) is 77.8 Å². The summed E-state index contributed by atoms with van der Waals surface area (Å²) in [7, 11) is 1.69. The second-order valence-corrected chi connectivity index (χ2v) is 8.28. The molecule has 37 heavy (non-hydrogen) atoms. The Labute approximate surface area is 217 Å². The van der Waals surface area contributed by atoms with Crippen LogP contribution in [0.5, 0.6) is 11.5 Å². The van der Waals surface area contributed by atoms with E-state index in [-0.39, 0.29) is 18.9 Å². The molecule has 0 bridgehead atoms. The molecule has 192 valence electrons. The molecule has 0 aromatic heterocycles. The average Bonchev–Trinajstić information content (AvgIpc) is 2.86. The van der Waals surface area contributed by atoms with Crippen LogP contribution in [0.2, 0.25) is 5.02 Å². The van der Waals surface area contributed by atoms with E-state index in [1.54, 1.807) is 54.4 Å². The van der Waals surface area contributed by atoms with E-state index in [1.165, 1.54) is 18.2 Å². The topological polar surface area (TPSA) is 112 Å². The third-order valence-corrected chi connectivity index (χ3v) is 5.22. The molecule has 0 fully saturated rings. The fourth-order valence-corrected chi connectivity index (χ4v) is 3.24. The number of carbonyl (C=O) groups is 3. The molecular formula is C26H24ClFN4O5. The lowest BCUT2D eigenvalue weighted by Gasteiger charge is -2.24. The number of nitrogens with one attached hydrogen (secondary N) is 1. The lowest BCUT2D eigenvalue weighted by atomic mass is 10.2. The normalized spacial score (nSPS) is 10.9. The Balaban J connectivity index is 1.81. The van der Waals surface area contributed by atoms with Crippen molar-refractivity contribution < 1.29 is 28.6 Å². The van der Waals surface area contributed by atoms with Crippen LogP contribution in [0.1, 0.15) is 12.0 Å². The second-order valence-electron chi connectivity index (χ2n) is 7.84. The summed E-state index contributed by atoms with van der Waals surface area (Å²) in [5.74, 6) is -0.668. The van der Waals surface area contributed by atoms with Crippen LogP contribution in [-0.2, 0) is 16.1 Å². The van der Waals surface area contributed by atoms with Crippen molar-refractivity contribution in [2.45, 2.75) is 13.0 Å². The average molecular weight is 527 g/mol. The Morgan fingerprint density at radius 2 is 1.78 bits per heavy atom. The Kier molecular flexibility index (Phi) is 9.56. The van der Waals surface area contributed by atoms with Crippen molar-refractivity contribution in [3.05, 3.63) is 89.2 Å². The van der Waals surface area contributed by atoms with Gasteiger partial charge >= 0.3 is 12.0 Å². The van der Waals surface area contributed by atoms with Gasteiger partial charge in [-0.25, -0.2) is 14.2 Å². The van der Waals surface area contributed by atoms with Gasteiger partial charge in [0.1, 0.15) is 17.3 Å². The lowest BCUT2D eigenvalue weighted by molar-refractivity contribution is -0.137. The molecule has 3 rings (SSSR count). The van der Waals surface area contributed by atoms with Gasteiger partial charge in [0, 0.05) is 31.2 Å². The molecule has 3 aromatic carbocycles. The number of guanidine groups is 1. The smallest absolute Gasteiger partial charge is 0.330 e. The number of hydrogen-bond acceptors (Lipinski definition) is 5. The van der Waals surface area contributed by atoms with Gasteiger partial charge in [0.15, 0.2) is 0 Å². The number of urea groups is 1. The van der Waals surface area contributed by atoms with Crippen molar-refractivity contribution in [2.24, 2.45) is 4.99 Å². The third-order valence-electron chi connectivity index (χ3n) is 4.97. The number of imide groups is 1. The van der Waals surface area contributed by atoms with E-state index in [1.807, 2.05) is 12.1 Å². The molecule has 0 atom stereocenters. The maximum absolute atomic E-state index is 13.4. The predicted octanol–water partition coefficient (Wildman–Crippen LogP) is 5.03. The van der Waals surface area contributed by atoms with Crippen LogP contribution in [0.25, 0.3) is 0 Å². The maximum atomic E-state index is 13.4. The van der Waals surface area contributed by atoms with E-state index >= 15 is 0 Å². The number of benzene rings is 3. The van der Waals surface area contributed by atoms with E-state index in [4.69, 9.17) is 21.4 Å². The third kappa shape index (κ3) is 8.62. The van der Waals surface area contributed by atoms with Crippen molar-refractivity contribution in [3.8, 4) is 11.5 Å². The highest BCUT2D eigenvalue weighted by molar-refractivity contribution is 6.30. The number of aliphatic imine (C=N–C) groups is 1. The fourth-order valence-electron chi connectivity index (χ4n) is 3.11. The standard InChI is InChI=1S/C26H24ClFN4O5/c1-31(16-18-5-7-19(27)8-6-18)25(30-26(36)32(17-33)14-13-24(34)35)29-21-9-11-22(12-10-21)37-23-4-2-3-20(28)15-23/h2-12,15,17H,13-14,16H2,1H3,(H,34,35)(H,29,30,36). The number of carbonyl (C=O) groups excluding carboxylic acids is 2. The highest BCUT2D eigenvalue weighted by Gasteiger charge is 2.18. The number of aliphatic carboxylic acids is 1. The van der Waals surface area contributed by atoms with E-state index < -0.39 is 24.2 Å². The molecule has 9 nitrogen and oxygen atoms in total. The first-order valence-electron chi connectivity index (χ1n) is 11.1. The summed E-state index contributed by atoms with van der Waals surface area (Å²) < 4.78 is 19.0. The first kappa shape index (κ1) is 27.2. The van der Waals surface area contributed by atoms with Gasteiger partial charge < -0.3 is 14.7 Å². The van der Waals surface area contributed by atoms with Crippen LogP contribution in [0.3, 0.4) is 0 Å². The van der Waals surface area contributed by atoms with Gasteiger partial charge in [0.05, 0.1) is 12.1 Å². The molecule has 0 saturated carbocycles. The molecule has 0 radical (unpaired) electrons. The van der Waals surface area contributed by atoms with E-state index in [0.717, 1.165) is 10.5 Å². The van der Waals surface area contributed by atoms with Gasteiger partial charge in [-0.15, -0.1) is 0 Å². The lowest BCUT2D eigenvalue weighted by Crippen LogP contribution is -2.48. The highest BCUT2D eigenvalue weighted by Crippen LogP contribution is 2.25. The molecule has 0 aliphatic carbocycles. The molecule has 11 heteroatoms. The van der Waals surface area contributed by atoms with Crippen LogP contribution < -0.4 is 10.1 Å². The second kappa shape index (κ2) is 13.0. The van der Waals surface area contributed by atoms with Gasteiger partial charge in [-0.2, -0.15) is 0 Å². The molecule has 2 N–H and O–H groups in total. The molecule has 3 amide bonds. The van der Waals surface area contributed by atoms with Gasteiger partial charge in [-0.1, -0.05) is 29.8 Å². The van der Waals surface area contributed by atoms with E-state index in [0.29, 0.717) is 28.8 Å². The number of ether oxygens (including phenoxy) is 1. The molecule has 3 aromatic rings. The van der Waals surface area contributed by atoms with Crippen LogP contribution in [-0.4, -0.2) is 52.9 Å². The minimum absolute atomic E-state index is 0.112. The monoisotopic (exact) mass is 526 g/mol. The Morgan fingerprint density at radius 1 is 1.08 bits per heavy atom. The Hall–Kier alpha value is -4.44. The van der Waals surface area contributed by atoms with E-state index in [2.05, 4.69) is 10.3 Å². The molecule has 0 unspecified atom stereocenters. The summed E-state index contributed by atoms with van der Waals surface area (Å²) in [6, 6.07) is 18.5. The zero-order valence-corrected chi connectivity index (χ0v) is 20.6. The van der Waals surface area contributed by atoms with Crippen molar-refractivity contribution in [2.75, 3.05) is 13.6 Å². The fraction of sp³-hybridized carbons (Fsp3) is 0.154. The number of amides is 3. The predicted molar refractivity (Wildman–Crippen MR) is 136 cm³/mol. The molecule has 0 aliphatic heterocycles. The molecule has 0 saturated heterocycles. The summed E-state index contributed by atoms with van der Waals surface area (Å²) >= 11 is 5.96. The quantitative estimate of drug-likeness (QED) is 0.230. The van der Waals surface area contributed by atoms with Crippen LogP contribution in [0.4, 0.5) is 14.9 Å². The van der Waals surface area contributed by atoms with Crippen molar-refractivity contribution in [3.63, 3.8) is 0 Å². The first-order chi connectivity index (χ1) is 17.7. The van der Waals surface area contributed by atoms with Gasteiger partial charge in [-0.3, -0.25) is 19.8 Å². The SMILES string of the molecule is CN(Cc1ccc(Cl)cc1)C(=Nc1ccc(Oc2cccc(F)c2)cc1)NC(=O)N(C=O)CCC(=O)O. The van der Waals surface area contributed by atoms with Gasteiger partial charge in [-0.05, 0) is 54.1 Å². The number of nitrogens with zero attached hydrogens (tertiary/aromatic N) is 3. The molecule has 0 heterocycles. The first-order valence-corrected chi connectivity index (χ1v) is 11.4. The van der Waals surface area contributed by atoms with Crippen molar-refractivity contribution in [1.29, 1.82) is 0 Å². The summed E-state index contributed by atoms with van der Waals surface area (Å²) in [6.45, 7) is 0.0399. The largest absolute Gasteiger partial charge is 0.481 e. The van der Waals surface area contributed by atoms with Gasteiger partial charge in [0.25, 0.3) is 0 Å². The maximum Gasteiger partial charge on any atom is 0.330 e. The van der Waals surface area contributed by atoms with Crippen LogP contribution in [0, 0.1) is 5.82 Å². The van der Waals surface area contributed by atoms with Gasteiger partial charge in [0.2, 0.25) is 12.4 Å². The number of carboxylic acids is 1. The van der Waals surface area contributed by atoms with Crippen molar-refractivity contribution in [1.82, 2.24) is 15.1 Å². The summed E-state index contributed by atoms with van der Waals surface area (Å²) in [5.41, 5.74) is 1.33. The number of rotatable bonds is 9. The highest BCUT2D eigenvalue weighted by atomic mass is 35.5. The molecule has 0 spiro atoms. The zero-order chi connectivity index (χ0) is 26.8. The Bertz CT molecular complexity index is 1270. The minimum atomic E-state index is -1.14. The van der Waals surface area contributed by atoms with Crippen LogP contribution >= 0.6 is 11.6 Å². The summed E-state index contributed by atoms with van der Waals surface area (Å²) in [5, 5.41) is 12.0. The zero-order valence-electron chi connectivity index (χ0n) is 19.8.